The maximum absolute atomic E-state index is 14.5. The molecule has 28 heavy (non-hydrogen) atoms. The molecule has 0 bridgehead atoms. The van der Waals surface area contributed by atoms with Crippen molar-refractivity contribution in [1.82, 2.24) is 15.5 Å². The molecule has 4 nitrogen and oxygen atoms in total. The van der Waals surface area contributed by atoms with Crippen molar-refractivity contribution in [2.75, 3.05) is 0 Å². The van der Waals surface area contributed by atoms with E-state index in [0.29, 0.717) is 18.0 Å². The normalized spacial score (nSPS) is 12.1. The number of nitrogens with one attached hydrogen (secondary N) is 1. The van der Waals surface area contributed by atoms with Crippen LogP contribution in [-0.4, -0.2) is 10.2 Å². The average molecular weight is 377 g/mol. The summed E-state index contributed by atoms with van der Waals surface area (Å²) in [6.45, 7) is 0.377. The van der Waals surface area contributed by atoms with Gasteiger partial charge in [-0.25, -0.2) is 8.78 Å². The second-order valence-electron chi connectivity index (χ2n) is 6.27. The second kappa shape index (κ2) is 8.10. The molecule has 0 saturated heterocycles. The van der Waals surface area contributed by atoms with Gasteiger partial charge < -0.3 is 4.42 Å². The number of benzene rings is 3. The molecule has 4 rings (SSSR count). The van der Waals surface area contributed by atoms with Crippen LogP contribution in [0, 0.1) is 11.6 Å². The maximum atomic E-state index is 14.5. The number of aromatic nitrogens is 2. The van der Waals surface area contributed by atoms with Crippen LogP contribution in [0.5, 0.6) is 0 Å². The van der Waals surface area contributed by atoms with Crippen LogP contribution < -0.4 is 5.32 Å². The van der Waals surface area contributed by atoms with Crippen LogP contribution in [0.25, 0.3) is 11.5 Å². The molecular formula is C22H17F2N3O. The van der Waals surface area contributed by atoms with Crippen LogP contribution in [0.3, 0.4) is 0 Å². The highest BCUT2D eigenvalue weighted by Gasteiger charge is 2.23. The first-order chi connectivity index (χ1) is 13.7. The summed E-state index contributed by atoms with van der Waals surface area (Å²) >= 11 is 0. The van der Waals surface area contributed by atoms with Crippen molar-refractivity contribution in [3.05, 3.63) is 108 Å². The van der Waals surface area contributed by atoms with Gasteiger partial charge in [-0.1, -0.05) is 48.5 Å². The first-order valence-corrected chi connectivity index (χ1v) is 8.82. The van der Waals surface area contributed by atoms with E-state index < -0.39 is 6.04 Å². The Kier molecular flexibility index (Phi) is 5.21. The van der Waals surface area contributed by atoms with Crippen molar-refractivity contribution >= 4 is 0 Å². The Morgan fingerprint density at radius 2 is 1.54 bits per heavy atom. The van der Waals surface area contributed by atoms with Gasteiger partial charge in [0.1, 0.15) is 17.7 Å². The van der Waals surface area contributed by atoms with E-state index in [1.807, 2.05) is 30.3 Å². The SMILES string of the molecule is Fc1ccc(CNC(c2nnc(-c3ccccc3)o2)c2ccccc2F)cc1. The summed E-state index contributed by atoms with van der Waals surface area (Å²) in [5, 5.41) is 11.5. The highest BCUT2D eigenvalue weighted by atomic mass is 19.1. The van der Waals surface area contributed by atoms with Crippen LogP contribution in [0.1, 0.15) is 23.1 Å². The molecule has 0 fully saturated rings. The monoisotopic (exact) mass is 377 g/mol. The predicted octanol–water partition coefficient (Wildman–Crippen LogP) is 4.89. The highest BCUT2D eigenvalue weighted by Crippen LogP contribution is 2.27. The molecule has 1 aromatic heterocycles. The van der Waals surface area contributed by atoms with Gasteiger partial charge in [0.15, 0.2) is 0 Å². The van der Waals surface area contributed by atoms with Gasteiger partial charge in [0.05, 0.1) is 0 Å². The molecule has 0 amide bonds. The largest absolute Gasteiger partial charge is 0.419 e. The predicted molar refractivity (Wildman–Crippen MR) is 101 cm³/mol. The molecule has 0 aliphatic rings. The van der Waals surface area contributed by atoms with E-state index in [4.69, 9.17) is 4.42 Å². The topological polar surface area (TPSA) is 51.0 Å². The van der Waals surface area contributed by atoms with Crippen LogP contribution in [0.4, 0.5) is 8.78 Å². The third-order valence-corrected chi connectivity index (χ3v) is 4.35. The molecule has 0 aliphatic carbocycles. The minimum Gasteiger partial charge on any atom is -0.419 e. The Labute approximate surface area is 160 Å². The summed E-state index contributed by atoms with van der Waals surface area (Å²) in [5.41, 5.74) is 2.03. The van der Waals surface area contributed by atoms with Crippen LogP contribution in [0.15, 0.2) is 83.3 Å². The van der Waals surface area contributed by atoms with Crippen molar-refractivity contribution in [3.8, 4) is 11.5 Å². The Morgan fingerprint density at radius 1 is 0.821 bits per heavy atom. The Bertz CT molecular complexity index is 1050. The van der Waals surface area contributed by atoms with E-state index >= 15 is 0 Å². The molecule has 6 heteroatoms. The maximum Gasteiger partial charge on any atom is 0.247 e. The minimum atomic E-state index is -0.642. The van der Waals surface area contributed by atoms with E-state index in [1.165, 1.54) is 18.2 Å². The number of hydrogen-bond acceptors (Lipinski definition) is 4. The van der Waals surface area contributed by atoms with Gasteiger partial charge >= 0.3 is 0 Å². The molecule has 0 saturated carbocycles. The minimum absolute atomic E-state index is 0.256. The molecule has 0 radical (unpaired) electrons. The number of halogens is 2. The summed E-state index contributed by atoms with van der Waals surface area (Å²) < 4.78 is 33.4. The molecule has 4 aromatic rings. The standard InChI is InChI=1S/C22H17F2N3O/c23-17-12-10-15(11-13-17)14-25-20(18-8-4-5-9-19(18)24)22-27-26-21(28-22)16-6-2-1-3-7-16/h1-13,20,25H,14H2. The molecule has 1 unspecified atom stereocenters. The lowest BCUT2D eigenvalue weighted by Gasteiger charge is -2.16. The van der Waals surface area contributed by atoms with Gasteiger partial charge in [-0.05, 0) is 35.9 Å². The molecule has 1 heterocycles. The zero-order valence-corrected chi connectivity index (χ0v) is 14.8. The molecular weight excluding hydrogens is 360 g/mol. The van der Waals surface area contributed by atoms with Crippen molar-refractivity contribution in [3.63, 3.8) is 0 Å². The summed E-state index contributed by atoms with van der Waals surface area (Å²) in [7, 11) is 0. The Hall–Kier alpha value is -3.38. The summed E-state index contributed by atoms with van der Waals surface area (Å²) in [6, 6.07) is 21.3. The van der Waals surface area contributed by atoms with E-state index in [-0.39, 0.29) is 17.5 Å². The number of nitrogens with zero attached hydrogens (tertiary/aromatic N) is 2. The van der Waals surface area contributed by atoms with E-state index in [0.717, 1.165) is 11.1 Å². The fourth-order valence-corrected chi connectivity index (χ4v) is 2.91. The van der Waals surface area contributed by atoms with Gasteiger partial charge in [0, 0.05) is 17.7 Å². The Morgan fingerprint density at radius 3 is 2.29 bits per heavy atom. The van der Waals surface area contributed by atoms with Crippen LogP contribution in [0.2, 0.25) is 0 Å². The molecule has 0 aliphatic heterocycles. The summed E-state index contributed by atoms with van der Waals surface area (Å²) in [5.74, 6) is -0.0658. The fraction of sp³-hybridized carbons (Fsp3) is 0.0909. The first kappa shape index (κ1) is 18.0. The van der Waals surface area contributed by atoms with Crippen molar-refractivity contribution in [2.24, 2.45) is 0 Å². The number of hydrogen-bond donors (Lipinski definition) is 1. The van der Waals surface area contributed by atoms with E-state index in [2.05, 4.69) is 15.5 Å². The lowest BCUT2D eigenvalue weighted by Crippen LogP contribution is -2.23. The second-order valence-corrected chi connectivity index (χ2v) is 6.27. The smallest absolute Gasteiger partial charge is 0.247 e. The quantitative estimate of drug-likeness (QED) is 0.520. The van der Waals surface area contributed by atoms with Crippen molar-refractivity contribution in [2.45, 2.75) is 12.6 Å². The lowest BCUT2D eigenvalue weighted by atomic mass is 10.1. The van der Waals surface area contributed by atoms with Crippen LogP contribution >= 0.6 is 0 Å². The van der Waals surface area contributed by atoms with E-state index in [9.17, 15) is 8.78 Å². The third-order valence-electron chi connectivity index (χ3n) is 4.35. The van der Waals surface area contributed by atoms with E-state index in [1.54, 1.807) is 30.3 Å². The fourth-order valence-electron chi connectivity index (χ4n) is 2.91. The molecule has 3 aromatic carbocycles. The molecule has 0 spiro atoms. The molecule has 1 N–H and O–H groups in total. The number of rotatable bonds is 6. The molecule has 1 atom stereocenters. The molecule has 140 valence electrons. The van der Waals surface area contributed by atoms with Gasteiger partial charge in [0.25, 0.3) is 0 Å². The average Bonchev–Trinajstić information content (AvgIpc) is 3.21. The lowest BCUT2D eigenvalue weighted by molar-refractivity contribution is 0.427. The van der Waals surface area contributed by atoms with Crippen molar-refractivity contribution in [1.29, 1.82) is 0 Å². The van der Waals surface area contributed by atoms with Crippen LogP contribution in [-0.2, 0) is 6.54 Å². The summed E-state index contributed by atoms with van der Waals surface area (Å²) in [4.78, 5) is 0. The highest BCUT2D eigenvalue weighted by molar-refractivity contribution is 5.51. The third kappa shape index (κ3) is 3.97. The Balaban J connectivity index is 1.64. The summed E-state index contributed by atoms with van der Waals surface area (Å²) in [6.07, 6.45) is 0. The van der Waals surface area contributed by atoms with Gasteiger partial charge in [-0.3, -0.25) is 5.32 Å². The zero-order chi connectivity index (χ0) is 19.3. The van der Waals surface area contributed by atoms with Crippen molar-refractivity contribution < 1.29 is 13.2 Å². The first-order valence-electron chi connectivity index (χ1n) is 8.82. The van der Waals surface area contributed by atoms with Gasteiger partial charge in [0.2, 0.25) is 11.8 Å². The van der Waals surface area contributed by atoms with Gasteiger partial charge in [-0.2, -0.15) is 0 Å². The zero-order valence-electron chi connectivity index (χ0n) is 14.8. The van der Waals surface area contributed by atoms with Gasteiger partial charge in [-0.15, -0.1) is 10.2 Å².